The van der Waals surface area contributed by atoms with Crippen molar-refractivity contribution < 1.29 is 4.74 Å². The summed E-state index contributed by atoms with van der Waals surface area (Å²) in [6, 6.07) is 2.06. The topological polar surface area (TPSA) is 52.8 Å². The summed E-state index contributed by atoms with van der Waals surface area (Å²) in [5.41, 5.74) is 2.07. The van der Waals surface area contributed by atoms with Gasteiger partial charge in [0.2, 0.25) is 5.88 Å². The predicted octanol–water partition coefficient (Wildman–Crippen LogP) is 1.62. The van der Waals surface area contributed by atoms with Crippen LogP contribution < -0.4 is 4.74 Å². The summed E-state index contributed by atoms with van der Waals surface area (Å²) in [5, 5.41) is 4.22. The standard InChI is InChI=1S/C10H12N4O/c1-7-8(2)14(3)13-9(7)15-10-11-5-4-6-12-10/h4-6H,1-3H3. The lowest BCUT2D eigenvalue weighted by Gasteiger charge is -1.99. The highest BCUT2D eigenvalue weighted by Crippen LogP contribution is 2.22. The molecule has 0 aliphatic carbocycles. The van der Waals surface area contributed by atoms with E-state index in [0.717, 1.165) is 11.3 Å². The second-order valence-electron chi connectivity index (χ2n) is 3.27. The van der Waals surface area contributed by atoms with E-state index in [1.54, 1.807) is 23.1 Å². The SMILES string of the molecule is Cc1c(Oc2ncccn2)nn(C)c1C. The van der Waals surface area contributed by atoms with Crippen molar-refractivity contribution in [2.24, 2.45) is 7.05 Å². The second kappa shape index (κ2) is 3.68. The number of nitrogens with zero attached hydrogens (tertiary/aromatic N) is 4. The number of hydrogen-bond acceptors (Lipinski definition) is 4. The van der Waals surface area contributed by atoms with E-state index in [-0.39, 0.29) is 0 Å². The Morgan fingerprint density at radius 3 is 2.40 bits per heavy atom. The lowest BCUT2D eigenvalue weighted by molar-refractivity contribution is 0.416. The van der Waals surface area contributed by atoms with Crippen molar-refractivity contribution in [1.29, 1.82) is 0 Å². The molecule has 0 saturated heterocycles. The molecule has 0 unspecified atom stereocenters. The lowest BCUT2D eigenvalue weighted by Crippen LogP contribution is -1.94. The highest BCUT2D eigenvalue weighted by Gasteiger charge is 2.11. The minimum absolute atomic E-state index is 0.318. The Morgan fingerprint density at radius 1 is 1.20 bits per heavy atom. The summed E-state index contributed by atoms with van der Waals surface area (Å²) in [7, 11) is 1.88. The molecule has 0 spiro atoms. The fourth-order valence-corrected chi connectivity index (χ4v) is 1.21. The molecule has 0 saturated carbocycles. The molecule has 5 nitrogen and oxygen atoms in total. The first-order valence-electron chi connectivity index (χ1n) is 4.63. The van der Waals surface area contributed by atoms with Crippen molar-refractivity contribution in [3.8, 4) is 11.9 Å². The van der Waals surface area contributed by atoms with Crippen LogP contribution in [0.1, 0.15) is 11.3 Å². The first-order valence-corrected chi connectivity index (χ1v) is 4.63. The van der Waals surface area contributed by atoms with Gasteiger partial charge in [-0.1, -0.05) is 0 Å². The molecule has 0 aliphatic rings. The molecule has 0 fully saturated rings. The third kappa shape index (κ3) is 1.81. The Labute approximate surface area is 87.7 Å². The van der Waals surface area contributed by atoms with Gasteiger partial charge in [0.15, 0.2) is 0 Å². The van der Waals surface area contributed by atoms with Crippen molar-refractivity contribution in [3.05, 3.63) is 29.7 Å². The van der Waals surface area contributed by atoms with Crippen LogP contribution in [-0.2, 0) is 7.05 Å². The van der Waals surface area contributed by atoms with E-state index in [9.17, 15) is 0 Å². The molecule has 0 bridgehead atoms. The molecule has 0 aromatic carbocycles. The third-order valence-electron chi connectivity index (χ3n) is 2.32. The van der Waals surface area contributed by atoms with Crippen LogP contribution in [0.15, 0.2) is 18.5 Å². The molecule has 2 aromatic rings. The van der Waals surface area contributed by atoms with Gasteiger partial charge in [0, 0.05) is 30.7 Å². The Kier molecular flexibility index (Phi) is 2.37. The van der Waals surface area contributed by atoms with Crippen molar-refractivity contribution in [1.82, 2.24) is 19.7 Å². The van der Waals surface area contributed by atoms with Gasteiger partial charge in [-0.3, -0.25) is 4.68 Å². The molecule has 0 N–H and O–H groups in total. The first-order chi connectivity index (χ1) is 7.18. The number of ether oxygens (including phenoxy) is 1. The maximum absolute atomic E-state index is 5.46. The lowest BCUT2D eigenvalue weighted by atomic mass is 10.3. The fourth-order valence-electron chi connectivity index (χ4n) is 1.21. The van der Waals surface area contributed by atoms with Crippen LogP contribution in [0.4, 0.5) is 0 Å². The maximum Gasteiger partial charge on any atom is 0.323 e. The molecular weight excluding hydrogens is 192 g/mol. The van der Waals surface area contributed by atoms with Gasteiger partial charge in [0.25, 0.3) is 0 Å². The number of hydrogen-bond donors (Lipinski definition) is 0. The van der Waals surface area contributed by atoms with Gasteiger partial charge in [0.1, 0.15) is 0 Å². The minimum Gasteiger partial charge on any atom is -0.403 e. The second-order valence-corrected chi connectivity index (χ2v) is 3.27. The Bertz CT molecular complexity index is 464. The summed E-state index contributed by atoms with van der Waals surface area (Å²) in [4.78, 5) is 7.94. The minimum atomic E-state index is 0.318. The zero-order valence-electron chi connectivity index (χ0n) is 8.93. The van der Waals surface area contributed by atoms with Crippen molar-refractivity contribution in [2.75, 3.05) is 0 Å². The number of aromatic nitrogens is 4. The van der Waals surface area contributed by atoms with E-state index in [1.807, 2.05) is 20.9 Å². The highest BCUT2D eigenvalue weighted by atomic mass is 16.5. The number of aryl methyl sites for hydroxylation is 1. The van der Waals surface area contributed by atoms with Gasteiger partial charge in [0.05, 0.1) is 0 Å². The largest absolute Gasteiger partial charge is 0.403 e. The van der Waals surface area contributed by atoms with Gasteiger partial charge in [-0.05, 0) is 19.9 Å². The maximum atomic E-state index is 5.46. The quantitative estimate of drug-likeness (QED) is 0.745. The van der Waals surface area contributed by atoms with E-state index in [4.69, 9.17) is 4.74 Å². The third-order valence-corrected chi connectivity index (χ3v) is 2.32. The molecule has 2 heterocycles. The van der Waals surface area contributed by atoms with Crippen LogP contribution in [0.2, 0.25) is 0 Å². The highest BCUT2D eigenvalue weighted by molar-refractivity contribution is 5.30. The van der Waals surface area contributed by atoms with Gasteiger partial charge in [-0.15, -0.1) is 5.10 Å². The Balaban J connectivity index is 2.29. The average Bonchev–Trinajstić information content (AvgIpc) is 2.48. The van der Waals surface area contributed by atoms with Gasteiger partial charge in [-0.2, -0.15) is 0 Å². The van der Waals surface area contributed by atoms with E-state index < -0.39 is 0 Å². The van der Waals surface area contributed by atoms with Crippen molar-refractivity contribution in [2.45, 2.75) is 13.8 Å². The van der Waals surface area contributed by atoms with E-state index in [2.05, 4.69) is 15.1 Å². The molecule has 78 valence electrons. The summed E-state index contributed by atoms with van der Waals surface area (Å²) in [5.74, 6) is 0.557. The van der Waals surface area contributed by atoms with Crippen molar-refractivity contribution >= 4 is 0 Å². The molecule has 0 amide bonds. The molecule has 5 heteroatoms. The summed E-state index contributed by atoms with van der Waals surface area (Å²) >= 11 is 0. The van der Waals surface area contributed by atoms with Crippen LogP contribution in [0.3, 0.4) is 0 Å². The van der Waals surface area contributed by atoms with E-state index in [0.29, 0.717) is 11.9 Å². The molecule has 0 aliphatic heterocycles. The molecule has 0 atom stereocenters. The van der Waals surface area contributed by atoms with E-state index in [1.165, 1.54) is 0 Å². The predicted molar refractivity (Wildman–Crippen MR) is 54.8 cm³/mol. The molecule has 2 aromatic heterocycles. The van der Waals surface area contributed by atoms with Gasteiger partial charge in [-0.25, -0.2) is 9.97 Å². The van der Waals surface area contributed by atoms with Crippen molar-refractivity contribution in [3.63, 3.8) is 0 Å². The fraction of sp³-hybridized carbons (Fsp3) is 0.300. The molecule has 2 rings (SSSR count). The summed E-state index contributed by atoms with van der Waals surface area (Å²) in [6.07, 6.45) is 3.26. The number of rotatable bonds is 2. The van der Waals surface area contributed by atoms with Gasteiger partial charge >= 0.3 is 6.01 Å². The smallest absolute Gasteiger partial charge is 0.323 e. The summed E-state index contributed by atoms with van der Waals surface area (Å²) < 4.78 is 7.23. The molecular formula is C10H12N4O. The zero-order valence-corrected chi connectivity index (χ0v) is 8.93. The molecule has 0 radical (unpaired) electrons. The normalized spacial score (nSPS) is 10.3. The molecule has 15 heavy (non-hydrogen) atoms. The van der Waals surface area contributed by atoms with Crippen LogP contribution in [0.5, 0.6) is 11.9 Å². The summed E-state index contributed by atoms with van der Waals surface area (Å²) in [6.45, 7) is 3.95. The Hall–Kier alpha value is -1.91. The average molecular weight is 204 g/mol. The van der Waals surface area contributed by atoms with Gasteiger partial charge < -0.3 is 4.74 Å². The van der Waals surface area contributed by atoms with Crippen LogP contribution >= 0.6 is 0 Å². The monoisotopic (exact) mass is 204 g/mol. The van der Waals surface area contributed by atoms with Crippen LogP contribution in [0, 0.1) is 13.8 Å². The van der Waals surface area contributed by atoms with Crippen LogP contribution in [0.25, 0.3) is 0 Å². The zero-order chi connectivity index (χ0) is 10.8. The Morgan fingerprint density at radius 2 is 1.87 bits per heavy atom. The van der Waals surface area contributed by atoms with E-state index >= 15 is 0 Å². The van der Waals surface area contributed by atoms with Crippen LogP contribution in [-0.4, -0.2) is 19.7 Å². The first kappa shape index (κ1) is 9.64.